The molecular formula is C15H18ClNO. The second kappa shape index (κ2) is 8.31. The Morgan fingerprint density at radius 2 is 1.78 bits per heavy atom. The molecule has 0 aliphatic heterocycles. The van der Waals surface area contributed by atoms with Crippen LogP contribution in [0, 0.1) is 0 Å². The normalized spacial score (nSPS) is 12.0. The number of amides is 1. The number of hydrogen-bond acceptors (Lipinski definition) is 1. The molecule has 0 atom stereocenters. The highest BCUT2D eigenvalue weighted by Crippen LogP contribution is 2.14. The first-order valence-corrected chi connectivity index (χ1v) is 5.76. The summed E-state index contributed by atoms with van der Waals surface area (Å²) < 4.78 is 0. The molecule has 0 aromatic carbocycles. The smallest absolute Gasteiger partial charge is 0.221 e. The largest absolute Gasteiger partial charge is 0.369 e. The predicted octanol–water partition coefficient (Wildman–Crippen LogP) is 3.79. The lowest BCUT2D eigenvalue weighted by molar-refractivity contribution is -0.117. The molecule has 2 N–H and O–H groups in total. The van der Waals surface area contributed by atoms with E-state index < -0.39 is 5.91 Å². The summed E-state index contributed by atoms with van der Waals surface area (Å²) >= 11 is 5.63. The quantitative estimate of drug-likeness (QED) is 0.698. The highest BCUT2D eigenvalue weighted by Gasteiger charge is 1.97. The van der Waals surface area contributed by atoms with Gasteiger partial charge < -0.3 is 5.73 Å². The van der Waals surface area contributed by atoms with E-state index in [1.165, 1.54) is 0 Å². The lowest BCUT2D eigenvalue weighted by Gasteiger charge is -2.01. The fraction of sp³-hybridized carbons (Fsp3) is 0.133. The molecule has 0 radical (unpaired) electrons. The highest BCUT2D eigenvalue weighted by molar-refractivity contribution is 6.30. The third kappa shape index (κ3) is 7.47. The second-order valence-electron chi connectivity index (χ2n) is 3.68. The molecule has 0 saturated carbocycles. The van der Waals surface area contributed by atoms with Crippen molar-refractivity contribution in [3.63, 3.8) is 0 Å². The molecule has 18 heavy (non-hydrogen) atoms. The van der Waals surface area contributed by atoms with Gasteiger partial charge in [0.15, 0.2) is 0 Å². The molecule has 0 rings (SSSR count). The van der Waals surface area contributed by atoms with Gasteiger partial charge in [0.1, 0.15) is 0 Å². The van der Waals surface area contributed by atoms with Crippen LogP contribution in [0.1, 0.15) is 13.3 Å². The van der Waals surface area contributed by atoms with Crippen molar-refractivity contribution in [3.05, 3.63) is 71.9 Å². The molecule has 0 aromatic heterocycles. The Bertz CT molecular complexity index is 453. The molecule has 0 aliphatic rings. The van der Waals surface area contributed by atoms with Crippen molar-refractivity contribution >= 4 is 17.5 Å². The molecular weight excluding hydrogens is 246 g/mol. The standard InChI is InChI=1S/C15H18ClNO/c1-5-14(12(3)7-8-13(4)16)9-6-11(2)10-15(17)18/h5-9H,2-4,10H2,1H3,(H2,17,18)/b8-7-,9-6-,14-5+. The second-order valence-corrected chi connectivity index (χ2v) is 4.17. The van der Waals surface area contributed by atoms with Crippen LogP contribution in [0.3, 0.4) is 0 Å². The Kier molecular flexibility index (Phi) is 7.48. The van der Waals surface area contributed by atoms with Crippen molar-refractivity contribution in [2.45, 2.75) is 13.3 Å². The van der Waals surface area contributed by atoms with Gasteiger partial charge in [-0.2, -0.15) is 0 Å². The summed E-state index contributed by atoms with van der Waals surface area (Å²) in [4.78, 5) is 10.7. The van der Waals surface area contributed by atoms with Gasteiger partial charge in [-0.3, -0.25) is 4.79 Å². The van der Waals surface area contributed by atoms with Crippen LogP contribution >= 0.6 is 11.6 Å². The molecule has 0 spiro atoms. The Morgan fingerprint density at radius 1 is 1.17 bits per heavy atom. The molecule has 0 aromatic rings. The topological polar surface area (TPSA) is 43.1 Å². The molecule has 0 bridgehead atoms. The third-order valence-corrected chi connectivity index (χ3v) is 2.17. The number of hydrogen-bond donors (Lipinski definition) is 1. The molecule has 0 unspecified atom stereocenters. The molecule has 0 fully saturated rings. The van der Waals surface area contributed by atoms with Crippen molar-refractivity contribution in [1.82, 2.24) is 0 Å². The minimum absolute atomic E-state index is 0.147. The van der Waals surface area contributed by atoms with Crippen LogP contribution in [0.15, 0.2) is 71.9 Å². The molecule has 3 heteroatoms. The maximum atomic E-state index is 10.7. The van der Waals surface area contributed by atoms with Gasteiger partial charge in [0.2, 0.25) is 5.91 Å². The minimum atomic E-state index is -0.399. The lowest BCUT2D eigenvalue weighted by atomic mass is 10.0. The number of halogens is 1. The van der Waals surface area contributed by atoms with Crippen molar-refractivity contribution in [1.29, 1.82) is 0 Å². The van der Waals surface area contributed by atoms with Crippen LogP contribution in [0.2, 0.25) is 0 Å². The Balaban J connectivity index is 4.68. The summed E-state index contributed by atoms with van der Waals surface area (Å²) in [7, 11) is 0. The highest BCUT2D eigenvalue weighted by atomic mass is 35.5. The first-order valence-electron chi connectivity index (χ1n) is 5.39. The van der Waals surface area contributed by atoms with Gasteiger partial charge in [-0.05, 0) is 29.7 Å². The van der Waals surface area contributed by atoms with Crippen molar-refractivity contribution in [2.24, 2.45) is 5.73 Å². The SMILES string of the molecule is C=C(Cl)/C=C\C(=C)C(/C=C\C(=C)CC(N)=O)=C/C. The van der Waals surface area contributed by atoms with E-state index in [0.717, 1.165) is 11.1 Å². The summed E-state index contributed by atoms with van der Waals surface area (Å²) in [6, 6.07) is 0. The first kappa shape index (κ1) is 16.2. The van der Waals surface area contributed by atoms with Crippen LogP contribution in [0.5, 0.6) is 0 Å². The molecule has 0 aliphatic carbocycles. The first-order chi connectivity index (χ1) is 8.36. The van der Waals surface area contributed by atoms with Gasteiger partial charge in [-0.15, -0.1) is 0 Å². The zero-order valence-electron chi connectivity index (χ0n) is 10.6. The fourth-order valence-corrected chi connectivity index (χ4v) is 1.23. The summed E-state index contributed by atoms with van der Waals surface area (Å²) in [6.07, 6.45) is 9.06. The number of nitrogens with two attached hydrogens (primary N) is 1. The molecule has 0 saturated heterocycles. The lowest BCUT2D eigenvalue weighted by Crippen LogP contribution is -2.10. The Labute approximate surface area is 114 Å². The Hall–Kier alpha value is -1.80. The zero-order valence-corrected chi connectivity index (χ0v) is 11.3. The van der Waals surface area contributed by atoms with Gasteiger partial charge >= 0.3 is 0 Å². The van der Waals surface area contributed by atoms with Gasteiger partial charge in [0.05, 0.1) is 6.42 Å². The van der Waals surface area contributed by atoms with E-state index in [1.54, 1.807) is 18.2 Å². The van der Waals surface area contributed by atoms with Gasteiger partial charge in [0, 0.05) is 5.03 Å². The summed E-state index contributed by atoms with van der Waals surface area (Å²) in [6.45, 7) is 13.1. The van der Waals surface area contributed by atoms with E-state index in [4.69, 9.17) is 17.3 Å². The number of allylic oxidation sites excluding steroid dienone is 8. The monoisotopic (exact) mass is 263 g/mol. The van der Waals surface area contributed by atoms with Crippen molar-refractivity contribution in [2.75, 3.05) is 0 Å². The average molecular weight is 264 g/mol. The van der Waals surface area contributed by atoms with E-state index in [0.29, 0.717) is 10.6 Å². The van der Waals surface area contributed by atoms with E-state index in [2.05, 4.69) is 19.7 Å². The fourth-order valence-electron chi connectivity index (χ4n) is 1.17. The third-order valence-electron chi connectivity index (χ3n) is 2.05. The van der Waals surface area contributed by atoms with Crippen molar-refractivity contribution in [3.8, 4) is 0 Å². The minimum Gasteiger partial charge on any atom is -0.369 e. The average Bonchev–Trinajstić information content (AvgIpc) is 2.26. The van der Waals surface area contributed by atoms with Gasteiger partial charge in [-0.1, -0.05) is 55.6 Å². The van der Waals surface area contributed by atoms with Crippen LogP contribution in [-0.4, -0.2) is 5.91 Å². The van der Waals surface area contributed by atoms with Crippen LogP contribution < -0.4 is 5.73 Å². The van der Waals surface area contributed by atoms with E-state index >= 15 is 0 Å². The van der Waals surface area contributed by atoms with E-state index in [9.17, 15) is 4.79 Å². The van der Waals surface area contributed by atoms with E-state index in [1.807, 2.05) is 19.1 Å². The summed E-state index contributed by atoms with van der Waals surface area (Å²) in [5, 5.41) is 0.439. The van der Waals surface area contributed by atoms with Gasteiger partial charge in [-0.25, -0.2) is 0 Å². The number of rotatable bonds is 7. The summed E-state index contributed by atoms with van der Waals surface area (Å²) in [5.74, 6) is -0.399. The van der Waals surface area contributed by atoms with Crippen LogP contribution in [0.25, 0.3) is 0 Å². The number of carbonyl (C=O) groups is 1. The molecule has 0 heterocycles. The molecule has 1 amide bonds. The maximum absolute atomic E-state index is 10.7. The molecule has 96 valence electrons. The molecule has 2 nitrogen and oxygen atoms in total. The maximum Gasteiger partial charge on any atom is 0.221 e. The van der Waals surface area contributed by atoms with Crippen molar-refractivity contribution < 1.29 is 4.79 Å². The predicted molar refractivity (Wildman–Crippen MR) is 79.1 cm³/mol. The number of carbonyl (C=O) groups excluding carboxylic acids is 1. The Morgan fingerprint density at radius 3 is 2.22 bits per heavy atom. The van der Waals surface area contributed by atoms with Crippen LogP contribution in [0.4, 0.5) is 0 Å². The van der Waals surface area contributed by atoms with Crippen LogP contribution in [-0.2, 0) is 4.79 Å². The summed E-state index contributed by atoms with van der Waals surface area (Å²) in [5.41, 5.74) is 7.43. The number of primary amides is 1. The van der Waals surface area contributed by atoms with E-state index in [-0.39, 0.29) is 6.42 Å². The zero-order chi connectivity index (χ0) is 14.1. The van der Waals surface area contributed by atoms with Gasteiger partial charge in [0.25, 0.3) is 0 Å².